The monoisotopic (exact) mass is 502 g/mol. The summed E-state index contributed by atoms with van der Waals surface area (Å²) in [5.41, 5.74) is 6.14. The van der Waals surface area contributed by atoms with Gasteiger partial charge in [0, 0.05) is 30.2 Å². The Bertz CT molecular complexity index is 1120. The van der Waals surface area contributed by atoms with Crippen molar-refractivity contribution >= 4 is 58.5 Å². The van der Waals surface area contributed by atoms with Gasteiger partial charge in [0.1, 0.15) is 5.70 Å². The highest BCUT2D eigenvalue weighted by Crippen LogP contribution is 2.24. The Balaban J connectivity index is 2.05. The van der Waals surface area contributed by atoms with E-state index < -0.39 is 17.5 Å². The third-order valence-corrected chi connectivity index (χ3v) is 4.90. The van der Waals surface area contributed by atoms with Crippen LogP contribution < -0.4 is 21.7 Å². The fourth-order valence-electron chi connectivity index (χ4n) is 2.59. The van der Waals surface area contributed by atoms with Crippen molar-refractivity contribution < 1.29 is 14.4 Å². The topological polar surface area (TPSA) is 140 Å². The summed E-state index contributed by atoms with van der Waals surface area (Å²) in [6.45, 7) is 0.636. The number of nitrogens with zero attached hydrogens (tertiary/aromatic N) is 1. The third-order valence-electron chi connectivity index (χ3n) is 4.27. The van der Waals surface area contributed by atoms with Crippen LogP contribution >= 0.6 is 23.2 Å². The lowest BCUT2D eigenvalue weighted by Crippen LogP contribution is -2.31. The Morgan fingerprint density at radius 2 is 1.56 bits per heavy atom. The maximum atomic E-state index is 12.5. The molecule has 6 N–H and O–H groups in total. The molecule has 2 aromatic carbocycles. The summed E-state index contributed by atoms with van der Waals surface area (Å²) in [5.74, 6) is -1.74. The third kappa shape index (κ3) is 7.73. The molecule has 0 bridgehead atoms. The lowest BCUT2D eigenvalue weighted by Gasteiger charge is -2.12. The summed E-state index contributed by atoms with van der Waals surface area (Å²) in [4.78, 5) is 38.9. The van der Waals surface area contributed by atoms with Gasteiger partial charge in [-0.2, -0.15) is 0 Å². The minimum absolute atomic E-state index is 0.00686. The second-order valence-corrected chi connectivity index (χ2v) is 8.02. The first-order valence-electron chi connectivity index (χ1n) is 9.91. The zero-order valence-corrected chi connectivity index (χ0v) is 20.0. The smallest absolute Gasteiger partial charge is 0.273 e. The summed E-state index contributed by atoms with van der Waals surface area (Å²) in [6, 6.07) is 10.9. The second kappa shape index (κ2) is 12.5. The van der Waals surface area contributed by atoms with Crippen molar-refractivity contribution in [2.45, 2.75) is 0 Å². The molecular weight excluding hydrogens is 479 g/mol. The molecule has 0 aliphatic heterocycles. The second-order valence-electron chi connectivity index (χ2n) is 7.21. The van der Waals surface area contributed by atoms with Gasteiger partial charge in [-0.05, 0) is 50.5 Å². The molecule has 2 rings (SSSR count). The average Bonchev–Trinajstić information content (AvgIpc) is 2.77. The Labute approximate surface area is 207 Å². The lowest BCUT2D eigenvalue weighted by molar-refractivity contribution is -0.113. The van der Waals surface area contributed by atoms with Crippen LogP contribution in [0.1, 0.15) is 10.4 Å². The van der Waals surface area contributed by atoms with E-state index in [2.05, 4.69) is 16.0 Å². The summed E-state index contributed by atoms with van der Waals surface area (Å²) < 4.78 is 0. The van der Waals surface area contributed by atoms with Gasteiger partial charge in [0.05, 0.1) is 21.3 Å². The summed E-state index contributed by atoms with van der Waals surface area (Å²) >= 11 is 12.0. The normalized spacial score (nSPS) is 11.7. The molecule has 9 nitrogen and oxygen atoms in total. The Morgan fingerprint density at radius 3 is 2.09 bits per heavy atom. The summed E-state index contributed by atoms with van der Waals surface area (Å²) in [5, 5.41) is 15.4. The van der Waals surface area contributed by atoms with Gasteiger partial charge in [0.15, 0.2) is 0 Å². The highest BCUT2D eigenvalue weighted by molar-refractivity contribution is 6.39. The first-order chi connectivity index (χ1) is 16.1. The van der Waals surface area contributed by atoms with Crippen molar-refractivity contribution in [3.63, 3.8) is 0 Å². The van der Waals surface area contributed by atoms with Crippen molar-refractivity contribution in [3.05, 3.63) is 81.6 Å². The molecule has 11 heteroatoms. The van der Waals surface area contributed by atoms with Crippen molar-refractivity contribution in [2.75, 3.05) is 31.3 Å². The van der Waals surface area contributed by atoms with Crippen LogP contribution in [0.5, 0.6) is 0 Å². The van der Waals surface area contributed by atoms with Gasteiger partial charge in [-0.3, -0.25) is 14.4 Å². The Hall–Kier alpha value is -3.66. The standard InChI is InChI=1S/C23H24Cl2N6O3/c1-31(2)12-4-7-19(32)28-14-8-10-15(11-9-14)29-23(34)21(27)18(13-26)30-22(33)20-16(24)5-3-6-17(20)25/h3-11,13,26H,12,27H2,1-2H3,(H,28,32)(H,29,34)(H,30,33)/b7-4+,21-18+,26-13?. The number of carbonyl (C=O) groups is 3. The van der Waals surface area contributed by atoms with Crippen LogP contribution in [-0.4, -0.2) is 49.5 Å². The van der Waals surface area contributed by atoms with Crippen molar-refractivity contribution in [2.24, 2.45) is 5.73 Å². The van der Waals surface area contributed by atoms with E-state index in [1.54, 1.807) is 36.4 Å². The number of likely N-dealkylation sites (N-methyl/N-ethyl adjacent to an activating group) is 1. The van der Waals surface area contributed by atoms with Gasteiger partial charge in [0.25, 0.3) is 11.8 Å². The van der Waals surface area contributed by atoms with Crippen molar-refractivity contribution in [3.8, 4) is 0 Å². The number of benzene rings is 2. The van der Waals surface area contributed by atoms with Crippen molar-refractivity contribution in [1.29, 1.82) is 5.41 Å². The van der Waals surface area contributed by atoms with E-state index in [4.69, 9.17) is 34.3 Å². The minimum Gasteiger partial charge on any atom is -0.393 e. The van der Waals surface area contributed by atoms with Crippen LogP contribution in [0.3, 0.4) is 0 Å². The Kier molecular flexibility index (Phi) is 9.81. The quantitative estimate of drug-likeness (QED) is 0.264. The SMILES string of the molecule is CN(C)C/C=C/C(=O)Nc1ccc(NC(=O)/C(N)=C(/C=N)NC(=O)c2c(Cl)cccc2Cl)cc1. The van der Waals surface area contributed by atoms with Crippen LogP contribution in [0.25, 0.3) is 0 Å². The van der Waals surface area contributed by atoms with E-state index in [0.717, 1.165) is 6.21 Å². The first-order valence-corrected chi connectivity index (χ1v) is 10.7. The molecule has 2 aromatic rings. The van der Waals surface area contributed by atoms with E-state index >= 15 is 0 Å². The van der Waals surface area contributed by atoms with E-state index in [-0.39, 0.29) is 27.2 Å². The van der Waals surface area contributed by atoms with Gasteiger partial charge in [-0.15, -0.1) is 0 Å². The van der Waals surface area contributed by atoms with E-state index in [1.807, 2.05) is 19.0 Å². The predicted molar refractivity (Wildman–Crippen MR) is 135 cm³/mol. The molecular formula is C23H24Cl2N6O3. The lowest BCUT2D eigenvalue weighted by atomic mass is 10.2. The molecule has 34 heavy (non-hydrogen) atoms. The number of anilines is 2. The van der Waals surface area contributed by atoms with Gasteiger partial charge >= 0.3 is 0 Å². The van der Waals surface area contributed by atoms with Gasteiger partial charge < -0.3 is 32.0 Å². The number of hydrogen-bond acceptors (Lipinski definition) is 6. The maximum absolute atomic E-state index is 12.5. The predicted octanol–water partition coefficient (Wildman–Crippen LogP) is 3.24. The number of carbonyl (C=O) groups excluding carboxylic acids is 3. The summed E-state index contributed by atoms with van der Waals surface area (Å²) in [6.07, 6.45) is 3.91. The fraction of sp³-hybridized carbons (Fsp3) is 0.130. The van der Waals surface area contributed by atoms with E-state index in [9.17, 15) is 14.4 Å². The van der Waals surface area contributed by atoms with E-state index in [1.165, 1.54) is 18.2 Å². The fourth-order valence-corrected chi connectivity index (χ4v) is 3.16. The number of rotatable bonds is 9. The Morgan fingerprint density at radius 1 is 1.00 bits per heavy atom. The zero-order valence-electron chi connectivity index (χ0n) is 18.5. The number of nitrogens with two attached hydrogens (primary N) is 1. The van der Waals surface area contributed by atoms with Crippen LogP contribution in [0.4, 0.5) is 11.4 Å². The highest BCUT2D eigenvalue weighted by atomic mass is 35.5. The van der Waals surface area contributed by atoms with Crippen molar-refractivity contribution in [1.82, 2.24) is 10.2 Å². The molecule has 0 fully saturated rings. The molecule has 0 saturated heterocycles. The molecule has 0 spiro atoms. The molecule has 0 radical (unpaired) electrons. The number of allylic oxidation sites excluding steroid dienone is 1. The molecule has 3 amide bonds. The number of halogens is 2. The van der Waals surface area contributed by atoms with Crippen LogP contribution in [0.2, 0.25) is 10.0 Å². The van der Waals surface area contributed by atoms with Crippen LogP contribution in [-0.2, 0) is 9.59 Å². The molecule has 178 valence electrons. The van der Waals surface area contributed by atoms with Crippen LogP contribution in [0, 0.1) is 5.41 Å². The summed E-state index contributed by atoms with van der Waals surface area (Å²) in [7, 11) is 3.79. The molecule has 0 heterocycles. The molecule has 0 aliphatic carbocycles. The number of hydrogen-bond donors (Lipinski definition) is 5. The highest BCUT2D eigenvalue weighted by Gasteiger charge is 2.18. The number of amides is 3. The van der Waals surface area contributed by atoms with Gasteiger partial charge in [-0.25, -0.2) is 0 Å². The number of nitrogens with one attached hydrogen (secondary N) is 4. The zero-order chi connectivity index (χ0) is 25.3. The molecule has 0 saturated carbocycles. The van der Waals surface area contributed by atoms with Crippen LogP contribution in [0.15, 0.2) is 66.0 Å². The van der Waals surface area contributed by atoms with Gasteiger partial charge in [-0.1, -0.05) is 35.3 Å². The van der Waals surface area contributed by atoms with Gasteiger partial charge in [0.2, 0.25) is 5.91 Å². The average molecular weight is 503 g/mol. The maximum Gasteiger partial charge on any atom is 0.273 e. The molecule has 0 unspecified atom stereocenters. The molecule has 0 atom stereocenters. The molecule has 0 aromatic heterocycles. The first kappa shape index (κ1) is 26.6. The molecule has 0 aliphatic rings. The minimum atomic E-state index is -0.743. The van der Waals surface area contributed by atoms with E-state index in [0.29, 0.717) is 17.9 Å². The largest absolute Gasteiger partial charge is 0.393 e.